The second kappa shape index (κ2) is 12.0. The maximum Gasteiger partial charge on any atom is 0.431 e. The number of nitrogens with zero attached hydrogens (tertiary/aromatic N) is 1. The Balaban J connectivity index is 2.55. The molecule has 0 bridgehead atoms. The van der Waals surface area contributed by atoms with E-state index in [1.807, 2.05) is 0 Å². The molecule has 0 radical (unpaired) electrons. The van der Waals surface area contributed by atoms with Gasteiger partial charge in [0.2, 0.25) is 0 Å². The Hall–Kier alpha value is -2.89. The molecule has 34 heavy (non-hydrogen) atoms. The summed E-state index contributed by atoms with van der Waals surface area (Å²) in [6.45, 7) is 1.28. The number of unbranched alkanes of at least 4 members (excludes halogenated alkanes) is 3. The number of halogens is 4. The molecule has 1 aromatic rings. The van der Waals surface area contributed by atoms with Crippen molar-refractivity contribution in [2.45, 2.75) is 44.7 Å². The number of methoxy groups -OCH3 is 1. The van der Waals surface area contributed by atoms with E-state index in [1.165, 1.54) is 19.1 Å². The van der Waals surface area contributed by atoms with Gasteiger partial charge < -0.3 is 14.8 Å². The van der Waals surface area contributed by atoms with Crippen LogP contribution in [-0.4, -0.2) is 42.1 Å². The zero-order valence-corrected chi connectivity index (χ0v) is 20.1. The van der Waals surface area contributed by atoms with Crippen LogP contribution < -0.4 is 5.32 Å². The van der Waals surface area contributed by atoms with Crippen LogP contribution in [0.1, 0.15) is 44.1 Å². The van der Waals surface area contributed by atoms with E-state index < -0.39 is 45.9 Å². The number of hydrogen-bond acceptors (Lipinski definition) is 7. The first-order chi connectivity index (χ1) is 16.0. The van der Waals surface area contributed by atoms with E-state index >= 15 is 0 Å². The molecule has 1 aliphatic rings. The van der Waals surface area contributed by atoms with Gasteiger partial charge in [0, 0.05) is 23.2 Å². The van der Waals surface area contributed by atoms with Gasteiger partial charge in [0.15, 0.2) is 0 Å². The van der Waals surface area contributed by atoms with Gasteiger partial charge in [-0.1, -0.05) is 40.9 Å². The largest absolute Gasteiger partial charge is 0.466 e. The van der Waals surface area contributed by atoms with Crippen molar-refractivity contribution in [3.63, 3.8) is 0 Å². The molecule has 0 fully saturated rings. The van der Waals surface area contributed by atoms with Crippen LogP contribution in [0.5, 0.6) is 0 Å². The SMILES string of the molecule is COC(=O)C1=C(C(F)(F)F)NC(C)=C(C(=O)OCCCCCCBr)C1c1cccc([N+](=O)[O-])c1. The normalized spacial score (nSPS) is 16.2. The van der Waals surface area contributed by atoms with E-state index in [0.717, 1.165) is 43.8 Å². The number of hydrogen-bond donors (Lipinski definition) is 1. The summed E-state index contributed by atoms with van der Waals surface area (Å²) in [6, 6.07) is 4.74. The number of esters is 2. The fraction of sp³-hybridized carbons (Fsp3) is 0.455. The van der Waals surface area contributed by atoms with Gasteiger partial charge in [-0.25, -0.2) is 9.59 Å². The average molecular weight is 549 g/mol. The Morgan fingerprint density at radius 1 is 1.15 bits per heavy atom. The summed E-state index contributed by atoms with van der Waals surface area (Å²) in [7, 11) is 0.907. The number of allylic oxidation sites excluding steroid dienone is 2. The minimum Gasteiger partial charge on any atom is -0.466 e. The number of ether oxygens (including phenoxy) is 2. The summed E-state index contributed by atoms with van der Waals surface area (Å²) in [6.07, 6.45) is -1.80. The van der Waals surface area contributed by atoms with Crippen LogP contribution in [0.4, 0.5) is 18.9 Å². The summed E-state index contributed by atoms with van der Waals surface area (Å²) >= 11 is 3.32. The molecule has 1 N–H and O–H groups in total. The van der Waals surface area contributed by atoms with Crippen molar-refractivity contribution < 1.29 is 37.2 Å². The van der Waals surface area contributed by atoms with Crippen molar-refractivity contribution in [1.29, 1.82) is 0 Å². The second-order valence-electron chi connectivity index (χ2n) is 7.47. The number of dihydropyridines is 1. The fourth-order valence-electron chi connectivity index (χ4n) is 3.60. The number of nitrogens with one attached hydrogen (secondary N) is 1. The van der Waals surface area contributed by atoms with Crippen molar-refractivity contribution in [1.82, 2.24) is 5.32 Å². The van der Waals surface area contributed by atoms with E-state index in [0.29, 0.717) is 6.42 Å². The third-order valence-corrected chi connectivity index (χ3v) is 5.71. The third-order valence-electron chi connectivity index (χ3n) is 5.15. The van der Waals surface area contributed by atoms with Gasteiger partial charge >= 0.3 is 18.1 Å². The van der Waals surface area contributed by atoms with Gasteiger partial charge in [-0.3, -0.25) is 10.1 Å². The Bertz CT molecular complexity index is 1010. The lowest BCUT2D eigenvalue weighted by Crippen LogP contribution is -2.38. The van der Waals surface area contributed by atoms with E-state index in [9.17, 15) is 32.9 Å². The van der Waals surface area contributed by atoms with Crippen LogP contribution in [0.2, 0.25) is 0 Å². The number of nitro groups is 1. The lowest BCUT2D eigenvalue weighted by atomic mass is 9.80. The predicted octanol–water partition coefficient (Wildman–Crippen LogP) is 5.04. The summed E-state index contributed by atoms with van der Waals surface area (Å²) in [4.78, 5) is 36.1. The molecule has 0 aromatic heterocycles. The van der Waals surface area contributed by atoms with Crippen LogP contribution in [-0.2, 0) is 19.1 Å². The van der Waals surface area contributed by atoms with Gasteiger partial charge in [0.25, 0.3) is 5.69 Å². The molecule has 1 atom stereocenters. The number of carbonyl (C=O) groups is 2. The minimum atomic E-state index is -4.99. The Kier molecular flexibility index (Phi) is 9.66. The predicted molar refractivity (Wildman–Crippen MR) is 120 cm³/mol. The molecule has 2 rings (SSSR count). The Morgan fingerprint density at radius 2 is 1.82 bits per heavy atom. The fourth-order valence-corrected chi connectivity index (χ4v) is 3.99. The molecule has 0 aliphatic carbocycles. The second-order valence-corrected chi connectivity index (χ2v) is 8.26. The van der Waals surface area contributed by atoms with Crippen molar-refractivity contribution in [2.24, 2.45) is 0 Å². The minimum absolute atomic E-state index is 0.0307. The van der Waals surface area contributed by atoms with E-state index in [-0.39, 0.29) is 23.4 Å². The molecule has 186 valence electrons. The first kappa shape index (κ1) is 27.4. The number of alkyl halides is 4. The number of non-ortho nitro benzene ring substituents is 1. The van der Waals surface area contributed by atoms with Gasteiger partial charge in [-0.15, -0.1) is 0 Å². The highest BCUT2D eigenvalue weighted by atomic mass is 79.9. The van der Waals surface area contributed by atoms with E-state index in [1.54, 1.807) is 0 Å². The number of benzene rings is 1. The lowest BCUT2D eigenvalue weighted by molar-refractivity contribution is -0.384. The van der Waals surface area contributed by atoms with Gasteiger partial charge in [-0.05, 0) is 25.3 Å². The molecular weight excluding hydrogens is 525 g/mol. The van der Waals surface area contributed by atoms with Crippen LogP contribution in [0.15, 0.2) is 46.8 Å². The average Bonchev–Trinajstić information content (AvgIpc) is 2.79. The van der Waals surface area contributed by atoms with Gasteiger partial charge in [0.1, 0.15) is 5.70 Å². The van der Waals surface area contributed by atoms with Crippen LogP contribution >= 0.6 is 15.9 Å². The zero-order valence-electron chi connectivity index (χ0n) is 18.5. The molecule has 12 heteroatoms. The van der Waals surface area contributed by atoms with Crippen molar-refractivity contribution in [3.8, 4) is 0 Å². The standard InChI is InChI=1S/C22H24BrF3N2O6/c1-13-16(21(30)34-11-6-4-3-5-10-23)17(14-8-7-9-15(12-14)28(31)32)18(20(29)33-2)19(27-13)22(24,25)26/h7-9,12,17,27H,3-6,10-11H2,1-2H3. The van der Waals surface area contributed by atoms with Crippen LogP contribution in [0, 0.1) is 10.1 Å². The lowest BCUT2D eigenvalue weighted by Gasteiger charge is -2.31. The monoisotopic (exact) mass is 548 g/mol. The van der Waals surface area contributed by atoms with E-state index in [4.69, 9.17) is 4.74 Å². The first-order valence-electron chi connectivity index (χ1n) is 10.4. The summed E-state index contributed by atoms with van der Waals surface area (Å²) < 4.78 is 51.5. The first-order valence-corrected chi connectivity index (χ1v) is 11.5. The molecule has 0 saturated heterocycles. The third kappa shape index (κ3) is 6.58. The smallest absolute Gasteiger partial charge is 0.431 e. The highest BCUT2D eigenvalue weighted by Crippen LogP contribution is 2.43. The molecule has 8 nitrogen and oxygen atoms in total. The number of nitro benzene ring substituents is 1. The molecule has 0 amide bonds. The quantitative estimate of drug-likeness (QED) is 0.143. The molecule has 1 heterocycles. The molecule has 0 saturated carbocycles. The van der Waals surface area contributed by atoms with Crippen LogP contribution in [0.25, 0.3) is 0 Å². The van der Waals surface area contributed by atoms with Crippen LogP contribution in [0.3, 0.4) is 0 Å². The molecule has 1 aliphatic heterocycles. The maximum atomic E-state index is 13.9. The highest BCUT2D eigenvalue weighted by molar-refractivity contribution is 9.09. The van der Waals surface area contributed by atoms with Crippen molar-refractivity contribution in [3.05, 3.63) is 62.5 Å². The summed E-state index contributed by atoms with van der Waals surface area (Å²) in [5.41, 5.74) is -3.19. The topological polar surface area (TPSA) is 108 Å². The van der Waals surface area contributed by atoms with Crippen molar-refractivity contribution in [2.75, 3.05) is 19.0 Å². The molecule has 1 aromatic carbocycles. The molecule has 0 spiro atoms. The van der Waals surface area contributed by atoms with E-state index in [2.05, 4.69) is 26.0 Å². The summed E-state index contributed by atoms with van der Waals surface area (Å²) in [5.74, 6) is -3.85. The Morgan fingerprint density at radius 3 is 2.41 bits per heavy atom. The maximum absolute atomic E-state index is 13.9. The number of carbonyl (C=O) groups excluding carboxylic acids is 2. The van der Waals surface area contributed by atoms with Gasteiger partial charge in [0.05, 0.1) is 35.7 Å². The molecular formula is C22H24BrF3N2O6. The zero-order chi connectivity index (χ0) is 25.5. The Labute approximate surface area is 202 Å². The van der Waals surface area contributed by atoms with Crippen molar-refractivity contribution >= 4 is 33.6 Å². The van der Waals surface area contributed by atoms with Gasteiger partial charge in [-0.2, -0.15) is 13.2 Å². The number of rotatable bonds is 10. The highest BCUT2D eigenvalue weighted by Gasteiger charge is 2.47. The summed E-state index contributed by atoms with van der Waals surface area (Å²) in [5, 5.41) is 14.2. The molecule has 1 unspecified atom stereocenters.